The van der Waals surface area contributed by atoms with E-state index < -0.39 is 36.1 Å². The second kappa shape index (κ2) is 15.7. The highest BCUT2D eigenvalue weighted by atomic mass is 19.4. The van der Waals surface area contributed by atoms with Crippen molar-refractivity contribution in [3.63, 3.8) is 0 Å². The van der Waals surface area contributed by atoms with E-state index in [4.69, 9.17) is 25.5 Å². The number of carboxylic acid groups (broad SMARTS) is 2. The molecule has 20 heteroatoms. The first-order valence-electron chi connectivity index (χ1n) is 12.5. The number of nitrogens with zero attached hydrogens (tertiary/aromatic N) is 5. The zero-order valence-corrected chi connectivity index (χ0v) is 22.8. The normalized spacial score (nSPS) is 13.1. The first-order valence-corrected chi connectivity index (χ1v) is 12.5. The Balaban J connectivity index is 0.000000421. The number of piperazine rings is 1. The quantitative estimate of drug-likeness (QED) is 0.290. The molecular formula is C25H25F8N7O5. The van der Waals surface area contributed by atoms with Gasteiger partial charge in [0.15, 0.2) is 0 Å². The maximum absolute atomic E-state index is 12.9. The van der Waals surface area contributed by atoms with Gasteiger partial charge in [-0.05, 0) is 24.3 Å². The lowest BCUT2D eigenvalue weighted by Crippen LogP contribution is -2.43. The third-order valence-electron chi connectivity index (χ3n) is 5.68. The van der Waals surface area contributed by atoms with Crippen LogP contribution in [0, 0.1) is 0 Å². The summed E-state index contributed by atoms with van der Waals surface area (Å²) in [5.41, 5.74) is 7.17. The minimum Gasteiger partial charge on any atom is -0.475 e. The number of pyridine rings is 1. The van der Waals surface area contributed by atoms with Gasteiger partial charge in [0, 0.05) is 49.5 Å². The fourth-order valence-electron chi connectivity index (χ4n) is 3.49. The zero-order valence-electron chi connectivity index (χ0n) is 22.8. The summed E-state index contributed by atoms with van der Waals surface area (Å²) in [4.78, 5) is 37.4. The SMILES string of the molecule is NCC(Cn1ncn(-c2cccc(-c3cccc(N4CCNCC4)c3)n2)c1=O)=C(F)F.O=C(O)C(F)(F)F.O=C(O)C(F)(F)F. The number of nitrogens with one attached hydrogen (secondary N) is 1. The number of nitrogens with two attached hydrogens (primary N) is 1. The van der Waals surface area contributed by atoms with Gasteiger partial charge in [-0.1, -0.05) is 18.2 Å². The molecule has 1 aliphatic rings. The molecule has 0 bridgehead atoms. The number of aromatic nitrogens is 4. The number of hydrogen-bond acceptors (Lipinski definition) is 8. The monoisotopic (exact) mass is 655 g/mol. The van der Waals surface area contributed by atoms with Crippen molar-refractivity contribution in [1.29, 1.82) is 0 Å². The van der Waals surface area contributed by atoms with Crippen molar-refractivity contribution in [1.82, 2.24) is 24.6 Å². The van der Waals surface area contributed by atoms with E-state index >= 15 is 0 Å². The molecule has 0 aliphatic carbocycles. The Morgan fingerprint density at radius 3 is 2.00 bits per heavy atom. The van der Waals surface area contributed by atoms with E-state index in [2.05, 4.69) is 32.4 Å². The van der Waals surface area contributed by atoms with E-state index in [1.54, 1.807) is 12.1 Å². The van der Waals surface area contributed by atoms with Crippen molar-refractivity contribution in [2.24, 2.45) is 5.73 Å². The maximum atomic E-state index is 12.9. The standard InChI is InChI=1S/C21H23F2N7O.2C2HF3O2/c22-20(23)16(12-24)13-30-21(31)29(14-26-30)19-6-2-5-18(27-19)15-3-1-4-17(11-15)28-9-7-25-8-10-28;2*3-2(4,5)1(6)7/h1-6,11,14,25H,7-10,12-13,24H2;2*(H,6,7). The van der Waals surface area contributed by atoms with E-state index in [0.29, 0.717) is 11.5 Å². The van der Waals surface area contributed by atoms with Crippen LogP contribution in [0.2, 0.25) is 0 Å². The van der Waals surface area contributed by atoms with E-state index in [1.807, 2.05) is 18.2 Å². The topological polar surface area (TPSA) is 169 Å². The number of anilines is 1. The Morgan fingerprint density at radius 2 is 1.49 bits per heavy atom. The minimum atomic E-state index is -5.08. The lowest BCUT2D eigenvalue weighted by atomic mass is 10.1. The Kier molecular flexibility index (Phi) is 12.7. The number of carboxylic acids is 2. The van der Waals surface area contributed by atoms with E-state index in [0.717, 1.165) is 42.1 Å². The third kappa shape index (κ3) is 11.0. The molecule has 3 aromatic rings. The van der Waals surface area contributed by atoms with Crippen LogP contribution in [0.5, 0.6) is 0 Å². The van der Waals surface area contributed by atoms with E-state index in [-0.39, 0.29) is 18.7 Å². The van der Waals surface area contributed by atoms with Crippen LogP contribution in [0.4, 0.5) is 40.8 Å². The molecule has 0 spiro atoms. The number of alkyl halides is 6. The van der Waals surface area contributed by atoms with Crippen LogP contribution in [0.3, 0.4) is 0 Å². The maximum Gasteiger partial charge on any atom is 0.490 e. The summed E-state index contributed by atoms with van der Waals surface area (Å²) in [6.45, 7) is 3.04. The lowest BCUT2D eigenvalue weighted by Gasteiger charge is -2.29. The van der Waals surface area contributed by atoms with Gasteiger partial charge in [0.1, 0.15) is 12.1 Å². The zero-order chi connectivity index (χ0) is 33.9. The van der Waals surface area contributed by atoms with Crippen molar-refractivity contribution < 1.29 is 54.9 Å². The summed E-state index contributed by atoms with van der Waals surface area (Å²) in [7, 11) is 0. The largest absolute Gasteiger partial charge is 0.490 e. The van der Waals surface area contributed by atoms with E-state index in [1.165, 1.54) is 10.9 Å². The number of halogens is 8. The van der Waals surface area contributed by atoms with Crippen molar-refractivity contribution in [2.75, 3.05) is 37.6 Å². The highest BCUT2D eigenvalue weighted by molar-refractivity contribution is 5.73. The number of rotatable bonds is 6. The van der Waals surface area contributed by atoms with Crippen LogP contribution in [0.25, 0.3) is 17.1 Å². The molecule has 12 nitrogen and oxygen atoms in total. The van der Waals surface area contributed by atoms with Crippen LogP contribution in [0.15, 0.2) is 65.2 Å². The Bertz CT molecular complexity index is 1520. The molecule has 1 saturated heterocycles. The molecular weight excluding hydrogens is 630 g/mol. The third-order valence-corrected chi connectivity index (χ3v) is 5.68. The Morgan fingerprint density at radius 1 is 0.933 bits per heavy atom. The highest BCUT2D eigenvalue weighted by Gasteiger charge is 2.38. The molecule has 0 unspecified atom stereocenters. The first-order chi connectivity index (χ1) is 20.9. The van der Waals surface area contributed by atoms with E-state index in [9.17, 15) is 39.9 Å². The molecule has 246 valence electrons. The molecule has 0 radical (unpaired) electrons. The molecule has 0 amide bonds. The van der Waals surface area contributed by atoms with Crippen LogP contribution >= 0.6 is 0 Å². The summed E-state index contributed by atoms with van der Waals surface area (Å²) in [5, 5.41) is 21.5. The average Bonchev–Trinajstić information content (AvgIpc) is 3.35. The summed E-state index contributed by atoms with van der Waals surface area (Å²) in [5.74, 6) is -5.15. The molecule has 4 rings (SSSR count). The van der Waals surface area contributed by atoms with Gasteiger partial charge in [-0.25, -0.2) is 28.6 Å². The summed E-state index contributed by atoms with van der Waals surface area (Å²) < 4.78 is 91.4. The number of aliphatic carboxylic acids is 2. The molecule has 1 fully saturated rings. The fourth-order valence-corrected chi connectivity index (χ4v) is 3.49. The smallest absolute Gasteiger partial charge is 0.475 e. The van der Waals surface area contributed by atoms with Gasteiger partial charge in [0.2, 0.25) is 0 Å². The van der Waals surface area contributed by atoms with Crippen molar-refractivity contribution >= 4 is 17.6 Å². The second-order valence-corrected chi connectivity index (χ2v) is 8.78. The van der Waals surface area contributed by atoms with Gasteiger partial charge in [0.05, 0.1) is 12.2 Å². The molecule has 45 heavy (non-hydrogen) atoms. The summed E-state index contributed by atoms with van der Waals surface area (Å²) >= 11 is 0. The molecule has 3 heterocycles. The first kappa shape index (κ1) is 36.3. The Hall–Kier alpha value is -4.85. The van der Waals surface area contributed by atoms with Gasteiger partial charge < -0.3 is 26.2 Å². The lowest BCUT2D eigenvalue weighted by molar-refractivity contribution is -0.193. The molecule has 5 N–H and O–H groups in total. The predicted molar refractivity (Wildman–Crippen MR) is 142 cm³/mol. The average molecular weight is 656 g/mol. The molecule has 0 atom stereocenters. The van der Waals surface area contributed by atoms with Gasteiger partial charge in [0.25, 0.3) is 6.08 Å². The highest BCUT2D eigenvalue weighted by Crippen LogP contribution is 2.24. The number of hydrogen-bond donors (Lipinski definition) is 4. The summed E-state index contributed by atoms with van der Waals surface area (Å²) in [6, 6.07) is 13.4. The van der Waals surface area contributed by atoms with Crippen molar-refractivity contribution in [3.05, 3.63) is 70.9 Å². The van der Waals surface area contributed by atoms with Gasteiger partial charge in [-0.3, -0.25) is 0 Å². The van der Waals surface area contributed by atoms with Crippen molar-refractivity contribution in [3.8, 4) is 17.1 Å². The van der Waals surface area contributed by atoms with Gasteiger partial charge >= 0.3 is 30.0 Å². The van der Waals surface area contributed by atoms with Crippen LogP contribution in [-0.2, 0) is 16.1 Å². The minimum absolute atomic E-state index is 0.334. The fraction of sp³-hybridized carbons (Fsp3) is 0.320. The Labute approximate surface area is 248 Å². The summed E-state index contributed by atoms with van der Waals surface area (Å²) in [6.07, 6.45) is -10.8. The van der Waals surface area contributed by atoms with Crippen molar-refractivity contribution in [2.45, 2.75) is 18.9 Å². The molecule has 0 saturated carbocycles. The van der Waals surface area contributed by atoms with Gasteiger partial charge in [-0.2, -0.15) is 40.2 Å². The van der Waals surface area contributed by atoms with Gasteiger partial charge in [-0.15, -0.1) is 0 Å². The number of benzene rings is 1. The molecule has 1 aliphatic heterocycles. The van der Waals surface area contributed by atoms with Crippen LogP contribution in [0.1, 0.15) is 0 Å². The number of carbonyl (C=O) groups is 2. The molecule has 2 aromatic heterocycles. The molecule has 1 aromatic carbocycles. The van der Waals surface area contributed by atoms with Crippen LogP contribution < -0.4 is 21.6 Å². The van der Waals surface area contributed by atoms with Crippen LogP contribution in [-0.4, -0.2) is 86.6 Å². The predicted octanol–water partition coefficient (Wildman–Crippen LogP) is 2.88. The second-order valence-electron chi connectivity index (χ2n) is 8.78.